The maximum atomic E-state index is 11.3. The largest absolute Gasteiger partial charge is 0.478 e. The Morgan fingerprint density at radius 1 is 1.41 bits per heavy atom. The van der Waals surface area contributed by atoms with Crippen LogP contribution in [0.3, 0.4) is 0 Å². The van der Waals surface area contributed by atoms with Crippen LogP contribution in [0.1, 0.15) is 43.1 Å². The van der Waals surface area contributed by atoms with Gasteiger partial charge in [-0.2, -0.15) is 0 Å². The van der Waals surface area contributed by atoms with E-state index in [9.17, 15) is 9.90 Å². The van der Waals surface area contributed by atoms with Gasteiger partial charge < -0.3 is 10.0 Å². The summed E-state index contributed by atoms with van der Waals surface area (Å²) in [5.41, 5.74) is 2.19. The number of benzene rings is 1. The van der Waals surface area contributed by atoms with E-state index in [4.69, 9.17) is 0 Å². The zero-order valence-electron chi connectivity index (χ0n) is 11.0. The van der Waals surface area contributed by atoms with Crippen LogP contribution < -0.4 is 4.90 Å². The van der Waals surface area contributed by atoms with Crippen LogP contribution in [0.2, 0.25) is 0 Å². The molecule has 0 spiro atoms. The Hall–Kier alpha value is -1.51. The Bertz CT molecular complexity index is 401. The van der Waals surface area contributed by atoms with Crippen molar-refractivity contribution in [3.05, 3.63) is 29.3 Å². The van der Waals surface area contributed by atoms with Crippen molar-refractivity contribution in [2.24, 2.45) is 0 Å². The van der Waals surface area contributed by atoms with Gasteiger partial charge in [-0.05, 0) is 39.3 Å². The summed E-state index contributed by atoms with van der Waals surface area (Å²) in [6, 6.07) is 5.96. The van der Waals surface area contributed by atoms with Gasteiger partial charge in [-0.25, -0.2) is 4.79 Å². The number of anilines is 1. The summed E-state index contributed by atoms with van der Waals surface area (Å²) in [4.78, 5) is 13.4. The average Bonchev–Trinajstić information content (AvgIpc) is 2.31. The van der Waals surface area contributed by atoms with E-state index >= 15 is 0 Å². The second kappa shape index (κ2) is 5.71. The molecule has 1 N–H and O–H groups in total. The summed E-state index contributed by atoms with van der Waals surface area (Å²) in [5, 5.41) is 9.26. The van der Waals surface area contributed by atoms with E-state index in [1.165, 1.54) is 0 Å². The molecule has 3 nitrogen and oxygen atoms in total. The fourth-order valence-electron chi connectivity index (χ4n) is 2.01. The third kappa shape index (κ3) is 2.99. The quantitative estimate of drug-likeness (QED) is 0.851. The number of carboxylic acid groups (broad SMARTS) is 1. The molecular weight excluding hydrogens is 214 g/mol. The van der Waals surface area contributed by atoms with Crippen molar-refractivity contribution in [3.8, 4) is 0 Å². The molecule has 0 heterocycles. The molecule has 0 radical (unpaired) electrons. The van der Waals surface area contributed by atoms with E-state index < -0.39 is 5.97 Å². The van der Waals surface area contributed by atoms with Gasteiger partial charge in [-0.3, -0.25) is 0 Å². The number of hydrogen-bond donors (Lipinski definition) is 1. The van der Waals surface area contributed by atoms with Gasteiger partial charge in [0.15, 0.2) is 0 Å². The molecule has 1 unspecified atom stereocenters. The van der Waals surface area contributed by atoms with Crippen molar-refractivity contribution in [3.63, 3.8) is 0 Å². The van der Waals surface area contributed by atoms with Crippen molar-refractivity contribution in [1.29, 1.82) is 0 Å². The van der Waals surface area contributed by atoms with Crippen LogP contribution in [0.4, 0.5) is 5.69 Å². The number of aromatic carboxylic acids is 1. The Morgan fingerprint density at radius 2 is 2.06 bits per heavy atom. The van der Waals surface area contributed by atoms with Gasteiger partial charge >= 0.3 is 5.97 Å². The molecule has 17 heavy (non-hydrogen) atoms. The summed E-state index contributed by atoms with van der Waals surface area (Å²) in [6.07, 6.45) is 1.00. The lowest BCUT2D eigenvalue weighted by Gasteiger charge is -2.30. The van der Waals surface area contributed by atoms with E-state index in [1.54, 1.807) is 6.07 Å². The van der Waals surface area contributed by atoms with Crippen LogP contribution in [0.15, 0.2) is 18.2 Å². The maximum absolute atomic E-state index is 11.3. The fourth-order valence-corrected chi connectivity index (χ4v) is 2.01. The Labute approximate surface area is 103 Å². The van der Waals surface area contributed by atoms with Crippen LogP contribution >= 0.6 is 0 Å². The molecule has 0 fully saturated rings. The number of aryl methyl sites for hydroxylation is 1. The zero-order valence-corrected chi connectivity index (χ0v) is 11.0. The fraction of sp³-hybridized carbons (Fsp3) is 0.500. The van der Waals surface area contributed by atoms with Gasteiger partial charge in [-0.1, -0.05) is 18.6 Å². The number of carboxylic acids is 1. The molecule has 0 amide bonds. The van der Waals surface area contributed by atoms with Gasteiger partial charge in [0.05, 0.1) is 11.3 Å². The highest BCUT2D eigenvalue weighted by Crippen LogP contribution is 2.24. The maximum Gasteiger partial charge on any atom is 0.337 e. The van der Waals surface area contributed by atoms with Gasteiger partial charge in [0.1, 0.15) is 0 Å². The highest BCUT2D eigenvalue weighted by molar-refractivity contribution is 5.94. The van der Waals surface area contributed by atoms with Gasteiger partial charge in [0.25, 0.3) is 0 Å². The van der Waals surface area contributed by atoms with E-state index in [0.29, 0.717) is 11.6 Å². The van der Waals surface area contributed by atoms with Gasteiger partial charge in [0, 0.05) is 12.6 Å². The number of hydrogen-bond acceptors (Lipinski definition) is 2. The summed E-state index contributed by atoms with van der Waals surface area (Å²) < 4.78 is 0. The molecule has 0 saturated carbocycles. The summed E-state index contributed by atoms with van der Waals surface area (Å²) in [7, 11) is 0. The molecule has 1 rings (SSSR count). The number of carbonyl (C=O) groups is 1. The zero-order chi connectivity index (χ0) is 13.0. The first kappa shape index (κ1) is 13.6. The Balaban J connectivity index is 3.23. The van der Waals surface area contributed by atoms with Crippen LogP contribution in [0, 0.1) is 6.92 Å². The second-order valence-electron chi connectivity index (χ2n) is 4.37. The Kier molecular flexibility index (Phi) is 4.55. The highest BCUT2D eigenvalue weighted by atomic mass is 16.4. The number of nitrogens with zero attached hydrogens (tertiary/aromatic N) is 1. The molecule has 0 saturated heterocycles. The first-order chi connectivity index (χ1) is 8.01. The first-order valence-electron chi connectivity index (χ1n) is 6.11. The molecule has 0 bridgehead atoms. The molecule has 0 aliphatic carbocycles. The van der Waals surface area contributed by atoms with Crippen molar-refractivity contribution in [2.75, 3.05) is 11.4 Å². The molecule has 1 atom stereocenters. The van der Waals surface area contributed by atoms with E-state index in [0.717, 1.165) is 24.2 Å². The topological polar surface area (TPSA) is 40.5 Å². The number of rotatable bonds is 5. The molecule has 94 valence electrons. The van der Waals surface area contributed by atoms with Crippen molar-refractivity contribution >= 4 is 11.7 Å². The highest BCUT2D eigenvalue weighted by Gasteiger charge is 2.18. The summed E-state index contributed by atoms with van der Waals surface area (Å²) in [5.74, 6) is -0.856. The Morgan fingerprint density at radius 3 is 2.53 bits per heavy atom. The molecule has 1 aromatic carbocycles. The summed E-state index contributed by atoms with van der Waals surface area (Å²) >= 11 is 0. The SMILES string of the molecule is CCC(C)N(CC)c1ccc(C)cc1C(=O)O. The monoisotopic (exact) mass is 235 g/mol. The standard InChI is InChI=1S/C14H21NO2/c1-5-11(4)15(6-2)13-8-7-10(3)9-12(13)14(16)17/h7-9,11H,5-6H2,1-4H3,(H,16,17). The lowest BCUT2D eigenvalue weighted by molar-refractivity contribution is 0.0697. The molecular formula is C14H21NO2. The predicted octanol–water partition coefficient (Wildman–Crippen LogP) is 3.32. The molecule has 3 heteroatoms. The van der Waals surface area contributed by atoms with Crippen LogP contribution in [-0.4, -0.2) is 23.7 Å². The third-order valence-corrected chi connectivity index (χ3v) is 3.16. The lowest BCUT2D eigenvalue weighted by Crippen LogP contribution is -2.33. The minimum atomic E-state index is -0.856. The average molecular weight is 235 g/mol. The second-order valence-corrected chi connectivity index (χ2v) is 4.37. The van der Waals surface area contributed by atoms with E-state index in [2.05, 4.69) is 25.7 Å². The van der Waals surface area contributed by atoms with Crippen molar-refractivity contribution in [1.82, 2.24) is 0 Å². The summed E-state index contributed by atoms with van der Waals surface area (Å²) in [6.45, 7) is 9.02. The lowest BCUT2D eigenvalue weighted by atomic mass is 10.1. The van der Waals surface area contributed by atoms with Crippen molar-refractivity contribution in [2.45, 2.75) is 40.2 Å². The minimum Gasteiger partial charge on any atom is -0.478 e. The molecule has 1 aromatic rings. The van der Waals surface area contributed by atoms with Gasteiger partial charge in [0.2, 0.25) is 0 Å². The van der Waals surface area contributed by atoms with E-state index in [-0.39, 0.29) is 0 Å². The third-order valence-electron chi connectivity index (χ3n) is 3.16. The minimum absolute atomic E-state index is 0.348. The van der Waals surface area contributed by atoms with Crippen LogP contribution in [0.5, 0.6) is 0 Å². The van der Waals surface area contributed by atoms with Gasteiger partial charge in [-0.15, -0.1) is 0 Å². The molecule has 0 aliphatic heterocycles. The molecule has 0 aromatic heterocycles. The molecule has 0 aliphatic rings. The first-order valence-corrected chi connectivity index (χ1v) is 6.11. The predicted molar refractivity (Wildman–Crippen MR) is 70.9 cm³/mol. The van der Waals surface area contributed by atoms with E-state index in [1.807, 2.05) is 19.1 Å². The van der Waals surface area contributed by atoms with Crippen LogP contribution in [-0.2, 0) is 0 Å². The van der Waals surface area contributed by atoms with Crippen LogP contribution in [0.25, 0.3) is 0 Å². The normalized spacial score (nSPS) is 12.2. The van der Waals surface area contributed by atoms with Crippen molar-refractivity contribution < 1.29 is 9.90 Å². The smallest absolute Gasteiger partial charge is 0.337 e.